The van der Waals surface area contributed by atoms with Gasteiger partial charge in [0.25, 0.3) is 0 Å². The smallest absolute Gasteiger partial charge is 0.243 e. The van der Waals surface area contributed by atoms with E-state index in [0.29, 0.717) is 11.5 Å². The number of nitrogens with zero attached hydrogens (tertiary/aromatic N) is 1. The van der Waals surface area contributed by atoms with Crippen LogP contribution in [0.4, 0.5) is 0 Å². The van der Waals surface area contributed by atoms with Crippen molar-refractivity contribution >= 4 is 10.0 Å². The highest BCUT2D eigenvalue weighted by molar-refractivity contribution is 7.89. The second-order valence-corrected chi connectivity index (χ2v) is 6.50. The van der Waals surface area contributed by atoms with Crippen molar-refractivity contribution < 1.29 is 13.2 Å². The number of hydrogen-bond donors (Lipinski definition) is 1. The maximum Gasteiger partial charge on any atom is 0.243 e. The van der Waals surface area contributed by atoms with Gasteiger partial charge in [-0.2, -0.15) is 4.31 Å². The molecule has 0 spiro atoms. The summed E-state index contributed by atoms with van der Waals surface area (Å²) in [5, 5.41) is 3.02. The highest BCUT2D eigenvalue weighted by atomic mass is 32.2. The van der Waals surface area contributed by atoms with Crippen molar-refractivity contribution in [1.82, 2.24) is 9.62 Å². The molecule has 108 valence electrons. The number of nitrogens with one attached hydrogen (secondary N) is 1. The summed E-state index contributed by atoms with van der Waals surface area (Å²) < 4.78 is 31.1. The van der Waals surface area contributed by atoms with Gasteiger partial charge in [-0.1, -0.05) is 12.1 Å². The summed E-state index contributed by atoms with van der Waals surface area (Å²) in [6.45, 7) is 2.90. The first-order valence-electron chi connectivity index (χ1n) is 6.14. The fourth-order valence-electron chi connectivity index (χ4n) is 1.73. The average molecular weight is 286 g/mol. The first kappa shape index (κ1) is 16.1. The van der Waals surface area contributed by atoms with Crippen LogP contribution < -0.4 is 5.32 Å². The van der Waals surface area contributed by atoms with E-state index >= 15 is 0 Å². The van der Waals surface area contributed by atoms with E-state index < -0.39 is 10.0 Å². The van der Waals surface area contributed by atoms with Crippen LogP contribution in [0.1, 0.15) is 12.5 Å². The fraction of sp³-hybridized carbons (Fsp3) is 0.538. The molecule has 0 radical (unpaired) electrons. The Bertz CT molecular complexity index is 485. The molecule has 0 heterocycles. The Morgan fingerprint density at radius 3 is 2.37 bits per heavy atom. The van der Waals surface area contributed by atoms with Gasteiger partial charge in [0.2, 0.25) is 10.0 Å². The lowest BCUT2D eigenvalue weighted by atomic mass is 10.2. The summed E-state index contributed by atoms with van der Waals surface area (Å²) in [5.41, 5.74) is 1.05. The van der Waals surface area contributed by atoms with Crippen LogP contribution in [0.15, 0.2) is 29.2 Å². The molecule has 0 bridgehead atoms. The number of hydrogen-bond acceptors (Lipinski definition) is 4. The molecular weight excluding hydrogens is 264 g/mol. The molecule has 19 heavy (non-hydrogen) atoms. The van der Waals surface area contributed by atoms with Crippen LogP contribution in [0.2, 0.25) is 0 Å². The summed E-state index contributed by atoms with van der Waals surface area (Å²) in [6, 6.07) is 6.71. The van der Waals surface area contributed by atoms with Crippen LogP contribution in [0.5, 0.6) is 0 Å². The second-order valence-electron chi connectivity index (χ2n) is 4.50. The standard InChI is InChI=1S/C13H22N2O3S/c1-11(10-18-4)15(3)19(16,17)13-7-5-12(6-8-13)9-14-2/h5-8,11,14H,9-10H2,1-4H3. The molecule has 1 aromatic carbocycles. The Morgan fingerprint density at radius 1 is 1.32 bits per heavy atom. The topological polar surface area (TPSA) is 58.6 Å². The Morgan fingerprint density at radius 2 is 1.89 bits per heavy atom. The molecule has 0 aliphatic heterocycles. The third kappa shape index (κ3) is 4.01. The van der Waals surface area contributed by atoms with E-state index in [4.69, 9.17) is 4.74 Å². The van der Waals surface area contributed by atoms with E-state index in [1.807, 2.05) is 26.1 Å². The average Bonchev–Trinajstić information content (AvgIpc) is 2.39. The Kier molecular flexibility index (Phi) is 5.93. The molecule has 0 fully saturated rings. The van der Waals surface area contributed by atoms with Gasteiger partial charge in [0.05, 0.1) is 11.5 Å². The molecular formula is C13H22N2O3S. The van der Waals surface area contributed by atoms with Crippen LogP contribution in [-0.2, 0) is 21.3 Å². The summed E-state index contributed by atoms with van der Waals surface area (Å²) in [5.74, 6) is 0. The number of likely N-dealkylation sites (N-methyl/N-ethyl adjacent to an activating group) is 1. The highest BCUT2D eigenvalue weighted by Gasteiger charge is 2.25. The summed E-state index contributed by atoms with van der Waals surface area (Å²) >= 11 is 0. The zero-order chi connectivity index (χ0) is 14.5. The van der Waals surface area contributed by atoms with Crippen LogP contribution in [0.25, 0.3) is 0 Å². The minimum absolute atomic E-state index is 0.202. The molecule has 1 aromatic rings. The van der Waals surface area contributed by atoms with Crippen molar-refractivity contribution in [3.05, 3.63) is 29.8 Å². The monoisotopic (exact) mass is 286 g/mol. The van der Waals surface area contributed by atoms with Crippen molar-refractivity contribution in [1.29, 1.82) is 0 Å². The van der Waals surface area contributed by atoms with E-state index in [2.05, 4.69) is 5.32 Å². The number of benzene rings is 1. The fourth-order valence-corrected chi connectivity index (χ4v) is 3.08. The van der Waals surface area contributed by atoms with Crippen LogP contribution >= 0.6 is 0 Å². The summed E-state index contributed by atoms with van der Waals surface area (Å²) in [7, 11) is 1.52. The van der Waals surface area contributed by atoms with Crippen LogP contribution in [-0.4, -0.2) is 46.6 Å². The van der Waals surface area contributed by atoms with Gasteiger partial charge >= 0.3 is 0 Å². The third-order valence-electron chi connectivity index (χ3n) is 3.01. The molecule has 0 saturated heterocycles. The lowest BCUT2D eigenvalue weighted by Crippen LogP contribution is -2.37. The molecule has 6 heteroatoms. The van der Waals surface area contributed by atoms with Gasteiger partial charge in [-0.15, -0.1) is 0 Å². The number of ether oxygens (including phenoxy) is 1. The van der Waals surface area contributed by atoms with E-state index in [1.165, 1.54) is 4.31 Å². The van der Waals surface area contributed by atoms with Crippen LogP contribution in [0.3, 0.4) is 0 Å². The lowest BCUT2D eigenvalue weighted by molar-refractivity contribution is 0.149. The van der Waals surface area contributed by atoms with E-state index in [1.54, 1.807) is 26.3 Å². The lowest BCUT2D eigenvalue weighted by Gasteiger charge is -2.23. The minimum Gasteiger partial charge on any atom is -0.383 e. The maximum absolute atomic E-state index is 12.4. The van der Waals surface area contributed by atoms with Gasteiger partial charge in [-0.05, 0) is 31.7 Å². The van der Waals surface area contributed by atoms with Gasteiger partial charge in [0, 0.05) is 26.7 Å². The Balaban J connectivity index is 2.93. The van der Waals surface area contributed by atoms with Crippen molar-refractivity contribution in [2.45, 2.75) is 24.4 Å². The van der Waals surface area contributed by atoms with Gasteiger partial charge in [-0.3, -0.25) is 0 Å². The van der Waals surface area contributed by atoms with Crippen molar-refractivity contribution in [2.24, 2.45) is 0 Å². The molecule has 1 atom stereocenters. The highest BCUT2D eigenvalue weighted by Crippen LogP contribution is 2.17. The molecule has 0 aliphatic carbocycles. The third-order valence-corrected chi connectivity index (χ3v) is 5.00. The maximum atomic E-state index is 12.4. The van der Waals surface area contributed by atoms with Gasteiger partial charge in [0.1, 0.15) is 0 Å². The predicted molar refractivity (Wildman–Crippen MR) is 75.5 cm³/mol. The van der Waals surface area contributed by atoms with E-state index in [-0.39, 0.29) is 6.04 Å². The minimum atomic E-state index is -3.46. The molecule has 1 rings (SSSR count). The Hall–Kier alpha value is -0.950. The van der Waals surface area contributed by atoms with Crippen molar-refractivity contribution in [3.63, 3.8) is 0 Å². The molecule has 1 unspecified atom stereocenters. The molecule has 0 amide bonds. The van der Waals surface area contributed by atoms with E-state index in [0.717, 1.165) is 12.1 Å². The first-order valence-corrected chi connectivity index (χ1v) is 7.58. The van der Waals surface area contributed by atoms with Crippen LogP contribution in [0, 0.1) is 0 Å². The molecule has 0 aromatic heterocycles. The molecule has 1 N–H and O–H groups in total. The SMILES string of the molecule is CNCc1ccc(S(=O)(=O)N(C)C(C)COC)cc1. The molecule has 5 nitrogen and oxygen atoms in total. The summed E-state index contributed by atoms with van der Waals surface area (Å²) in [6.07, 6.45) is 0. The molecule has 0 saturated carbocycles. The zero-order valence-corrected chi connectivity index (χ0v) is 12.7. The zero-order valence-electron chi connectivity index (χ0n) is 11.9. The quantitative estimate of drug-likeness (QED) is 0.814. The first-order chi connectivity index (χ1) is 8.93. The normalized spacial score (nSPS) is 13.7. The van der Waals surface area contributed by atoms with Gasteiger partial charge in [0.15, 0.2) is 0 Å². The second kappa shape index (κ2) is 7.00. The predicted octanol–water partition coefficient (Wildman–Crippen LogP) is 1.06. The van der Waals surface area contributed by atoms with Gasteiger partial charge in [-0.25, -0.2) is 8.42 Å². The number of sulfonamides is 1. The van der Waals surface area contributed by atoms with Gasteiger partial charge < -0.3 is 10.1 Å². The Labute approximate surface area is 115 Å². The van der Waals surface area contributed by atoms with Crippen molar-refractivity contribution in [2.75, 3.05) is 27.8 Å². The van der Waals surface area contributed by atoms with E-state index in [9.17, 15) is 8.42 Å². The number of methoxy groups -OCH3 is 1. The van der Waals surface area contributed by atoms with Crippen molar-refractivity contribution in [3.8, 4) is 0 Å². The number of rotatable bonds is 7. The molecule has 0 aliphatic rings. The summed E-state index contributed by atoms with van der Waals surface area (Å²) in [4.78, 5) is 0.304. The largest absolute Gasteiger partial charge is 0.383 e.